The quantitative estimate of drug-likeness (QED) is 0.372. The van der Waals surface area contributed by atoms with Gasteiger partial charge in [0, 0.05) is 23.7 Å². The van der Waals surface area contributed by atoms with Crippen molar-refractivity contribution in [1.82, 2.24) is 10.3 Å². The van der Waals surface area contributed by atoms with Crippen LogP contribution in [0.2, 0.25) is 0 Å². The summed E-state index contributed by atoms with van der Waals surface area (Å²) in [5, 5.41) is 5.88. The van der Waals surface area contributed by atoms with Crippen molar-refractivity contribution in [3.63, 3.8) is 0 Å². The molecule has 0 atom stereocenters. The van der Waals surface area contributed by atoms with Gasteiger partial charge in [-0.1, -0.05) is 12.1 Å². The molecule has 0 aliphatic heterocycles. The number of nitrogens with one attached hydrogen (secondary N) is 2. The molecule has 3 aromatic carbocycles. The lowest BCUT2D eigenvalue weighted by Gasteiger charge is -2.11. The average molecular weight is 476 g/mol. The van der Waals surface area contributed by atoms with E-state index in [4.69, 9.17) is 26.1 Å². The minimum atomic E-state index is -0.368. The number of thiocarbonyl (C=S) groups is 1. The normalized spacial score (nSPS) is 10.7. The van der Waals surface area contributed by atoms with E-state index in [0.29, 0.717) is 29.4 Å². The fourth-order valence-corrected chi connectivity index (χ4v) is 3.67. The van der Waals surface area contributed by atoms with Crippen LogP contribution in [0, 0.1) is 13.8 Å². The maximum absolute atomic E-state index is 12.6. The van der Waals surface area contributed by atoms with E-state index in [9.17, 15) is 4.79 Å². The Balaban J connectivity index is 1.38. The van der Waals surface area contributed by atoms with Crippen LogP contribution in [-0.4, -0.2) is 30.2 Å². The van der Waals surface area contributed by atoms with E-state index in [0.717, 1.165) is 22.4 Å². The maximum atomic E-state index is 12.6. The monoisotopic (exact) mass is 475 g/mol. The van der Waals surface area contributed by atoms with Crippen LogP contribution in [0.4, 0.5) is 5.69 Å². The number of ether oxygens (including phenoxy) is 2. The molecule has 0 bridgehead atoms. The number of oxazole rings is 1. The van der Waals surface area contributed by atoms with Gasteiger partial charge in [-0.3, -0.25) is 10.1 Å². The Labute approximate surface area is 203 Å². The molecular formula is C26H25N3O4S. The molecule has 0 saturated heterocycles. The van der Waals surface area contributed by atoms with E-state index >= 15 is 0 Å². The number of nitrogens with zero attached hydrogens (tertiary/aromatic N) is 1. The Morgan fingerprint density at radius 3 is 2.26 bits per heavy atom. The molecule has 8 heteroatoms. The first kappa shape index (κ1) is 23.3. The lowest BCUT2D eigenvalue weighted by molar-refractivity contribution is 0.0977. The summed E-state index contributed by atoms with van der Waals surface area (Å²) in [4.78, 5) is 17.2. The van der Waals surface area contributed by atoms with Crippen LogP contribution in [0.15, 0.2) is 59.0 Å². The molecule has 0 saturated carbocycles. The van der Waals surface area contributed by atoms with Gasteiger partial charge in [-0.15, -0.1) is 0 Å². The molecule has 2 N–H and O–H groups in total. The molecule has 0 radical (unpaired) electrons. The highest BCUT2D eigenvalue weighted by molar-refractivity contribution is 7.80. The van der Waals surface area contributed by atoms with Crippen molar-refractivity contribution in [2.45, 2.75) is 20.3 Å². The number of benzene rings is 3. The summed E-state index contributed by atoms with van der Waals surface area (Å²) in [6.45, 7) is 4.12. The largest absolute Gasteiger partial charge is 0.497 e. The average Bonchev–Trinajstić information content (AvgIpc) is 3.20. The number of carbonyl (C=O) groups excluding carboxylic acids is 1. The van der Waals surface area contributed by atoms with Crippen LogP contribution < -0.4 is 20.1 Å². The summed E-state index contributed by atoms with van der Waals surface area (Å²) < 4.78 is 16.3. The Hall–Kier alpha value is -3.91. The summed E-state index contributed by atoms with van der Waals surface area (Å²) in [6, 6.07) is 16.7. The lowest BCUT2D eigenvalue weighted by atomic mass is 10.1. The van der Waals surface area contributed by atoms with Gasteiger partial charge in [0.15, 0.2) is 16.6 Å². The van der Waals surface area contributed by atoms with E-state index < -0.39 is 0 Å². The third-order valence-electron chi connectivity index (χ3n) is 5.46. The molecule has 0 spiro atoms. The molecule has 174 valence electrons. The van der Waals surface area contributed by atoms with Crippen molar-refractivity contribution in [1.29, 1.82) is 0 Å². The van der Waals surface area contributed by atoms with Crippen LogP contribution >= 0.6 is 12.2 Å². The molecule has 0 unspecified atom stereocenters. The Kier molecular flexibility index (Phi) is 6.79. The molecule has 7 nitrogen and oxygen atoms in total. The highest BCUT2D eigenvalue weighted by atomic mass is 32.1. The summed E-state index contributed by atoms with van der Waals surface area (Å²) >= 11 is 5.30. The number of anilines is 1. The van der Waals surface area contributed by atoms with Crippen LogP contribution in [0.5, 0.6) is 11.5 Å². The summed E-state index contributed by atoms with van der Waals surface area (Å²) in [5.74, 6) is 1.33. The topological polar surface area (TPSA) is 85.6 Å². The second kappa shape index (κ2) is 9.93. The van der Waals surface area contributed by atoms with Crippen LogP contribution in [0.1, 0.15) is 32.9 Å². The SMILES string of the molecule is COc1cc(OC)cc(C(=O)NC(=S)Nc2ccc(Cc3nc4cc(C)c(C)cc4o3)cc2)c1. The number of hydrogen-bond donors (Lipinski definition) is 2. The van der Waals surface area contributed by atoms with Crippen LogP contribution in [0.25, 0.3) is 11.1 Å². The Bertz CT molecular complexity index is 1300. The molecular weight excluding hydrogens is 450 g/mol. The summed E-state index contributed by atoms with van der Waals surface area (Å²) in [6.07, 6.45) is 0.575. The number of methoxy groups -OCH3 is 2. The van der Waals surface area contributed by atoms with Crippen molar-refractivity contribution in [3.05, 3.63) is 82.7 Å². The summed E-state index contributed by atoms with van der Waals surface area (Å²) in [7, 11) is 3.05. The van der Waals surface area contributed by atoms with Gasteiger partial charge in [-0.2, -0.15) is 0 Å². The van der Waals surface area contributed by atoms with E-state index in [1.54, 1.807) is 18.2 Å². The lowest BCUT2D eigenvalue weighted by Crippen LogP contribution is -2.34. The van der Waals surface area contributed by atoms with Crippen molar-refractivity contribution in [2.24, 2.45) is 0 Å². The zero-order valence-corrected chi connectivity index (χ0v) is 20.2. The second-order valence-electron chi connectivity index (χ2n) is 7.90. The highest BCUT2D eigenvalue weighted by Gasteiger charge is 2.12. The number of hydrogen-bond acceptors (Lipinski definition) is 6. The number of aryl methyl sites for hydroxylation is 2. The molecule has 0 aliphatic carbocycles. The summed E-state index contributed by atoms with van der Waals surface area (Å²) in [5.41, 5.74) is 6.21. The van der Waals surface area contributed by atoms with Crippen molar-refractivity contribution in [3.8, 4) is 11.5 Å². The number of fused-ring (bicyclic) bond motifs is 1. The second-order valence-corrected chi connectivity index (χ2v) is 8.30. The van der Waals surface area contributed by atoms with E-state index in [1.165, 1.54) is 25.3 Å². The first-order valence-corrected chi connectivity index (χ1v) is 11.1. The van der Waals surface area contributed by atoms with Gasteiger partial charge in [0.05, 0.1) is 14.2 Å². The van der Waals surface area contributed by atoms with Gasteiger partial charge in [-0.05, 0) is 79.2 Å². The van der Waals surface area contributed by atoms with E-state index in [-0.39, 0.29) is 11.0 Å². The maximum Gasteiger partial charge on any atom is 0.257 e. The number of aromatic nitrogens is 1. The third-order valence-corrected chi connectivity index (χ3v) is 5.66. The zero-order chi connectivity index (χ0) is 24.2. The minimum Gasteiger partial charge on any atom is -0.497 e. The predicted molar refractivity (Wildman–Crippen MR) is 136 cm³/mol. The molecule has 1 heterocycles. The fraction of sp³-hybridized carbons (Fsp3) is 0.192. The smallest absolute Gasteiger partial charge is 0.257 e. The van der Waals surface area contributed by atoms with Gasteiger partial charge in [0.2, 0.25) is 0 Å². The molecule has 1 amide bonds. The molecule has 0 aliphatic rings. The van der Waals surface area contributed by atoms with Gasteiger partial charge in [0.1, 0.15) is 17.0 Å². The Morgan fingerprint density at radius 1 is 0.971 bits per heavy atom. The Morgan fingerprint density at radius 2 is 1.62 bits per heavy atom. The fourth-order valence-electron chi connectivity index (χ4n) is 3.46. The third kappa shape index (κ3) is 5.35. The number of amides is 1. The van der Waals surface area contributed by atoms with Crippen LogP contribution in [-0.2, 0) is 6.42 Å². The van der Waals surface area contributed by atoms with E-state index in [2.05, 4.69) is 29.5 Å². The molecule has 4 rings (SSSR count). The van der Waals surface area contributed by atoms with Crippen LogP contribution in [0.3, 0.4) is 0 Å². The predicted octanol–water partition coefficient (Wildman–Crippen LogP) is 5.18. The first-order chi connectivity index (χ1) is 16.3. The van der Waals surface area contributed by atoms with E-state index in [1.807, 2.05) is 36.4 Å². The van der Waals surface area contributed by atoms with Crippen molar-refractivity contribution >= 4 is 40.0 Å². The number of rotatable bonds is 6. The highest BCUT2D eigenvalue weighted by Crippen LogP contribution is 2.23. The van der Waals surface area contributed by atoms with Gasteiger partial charge in [0.25, 0.3) is 5.91 Å². The van der Waals surface area contributed by atoms with Gasteiger partial charge in [-0.25, -0.2) is 4.98 Å². The first-order valence-electron chi connectivity index (χ1n) is 10.7. The number of carbonyl (C=O) groups is 1. The van der Waals surface area contributed by atoms with Crippen molar-refractivity contribution in [2.75, 3.05) is 19.5 Å². The van der Waals surface area contributed by atoms with Crippen molar-refractivity contribution < 1.29 is 18.7 Å². The van der Waals surface area contributed by atoms with Gasteiger partial charge < -0.3 is 19.2 Å². The van der Waals surface area contributed by atoms with Gasteiger partial charge >= 0.3 is 0 Å². The standard InChI is InChI=1S/C26H25N3O4S/c1-15-9-22-23(10-16(15)2)33-24(28-22)11-17-5-7-19(8-6-17)27-26(34)29-25(30)18-12-20(31-3)14-21(13-18)32-4/h5-10,12-14H,11H2,1-4H3,(H2,27,29,30,34). The molecule has 4 aromatic rings. The zero-order valence-electron chi connectivity index (χ0n) is 19.4. The minimum absolute atomic E-state index is 0.184. The molecule has 34 heavy (non-hydrogen) atoms. The molecule has 0 fully saturated rings. The molecule has 1 aromatic heterocycles.